The van der Waals surface area contributed by atoms with Crippen LogP contribution in [0.15, 0.2) is 120 Å². The summed E-state index contributed by atoms with van der Waals surface area (Å²) in [7, 11) is 0. The van der Waals surface area contributed by atoms with Crippen molar-refractivity contribution < 1.29 is 32.5 Å². The minimum Gasteiger partial charge on any atom is -0.494 e. The number of aliphatic imine (C=N–C) groups is 1. The number of halogens is 3. The second kappa shape index (κ2) is 14.9. The summed E-state index contributed by atoms with van der Waals surface area (Å²) in [5.41, 5.74) is 5.90. The number of alkyl halides is 3. The molecule has 0 fully saturated rings. The molecule has 1 aliphatic rings. The normalized spacial score (nSPS) is 17.8. The van der Waals surface area contributed by atoms with Gasteiger partial charge in [-0.3, -0.25) is 10.2 Å². The van der Waals surface area contributed by atoms with Crippen molar-refractivity contribution in [3.63, 3.8) is 0 Å². The summed E-state index contributed by atoms with van der Waals surface area (Å²) >= 11 is 0. The van der Waals surface area contributed by atoms with Crippen LogP contribution in [-0.2, 0) is 22.3 Å². The fraction of sp³-hybridized carbons (Fsp3) is 0.222. The predicted octanol–water partition coefficient (Wildman–Crippen LogP) is 6.65. The second-order valence-electron chi connectivity index (χ2n) is 10.7. The molecule has 1 amide bonds. The Morgan fingerprint density at radius 3 is 2.37 bits per heavy atom. The molecule has 4 aromatic rings. The molecule has 0 bridgehead atoms. The van der Waals surface area contributed by atoms with Crippen LogP contribution in [0.2, 0.25) is 0 Å². The maximum absolute atomic E-state index is 14.2. The van der Waals surface area contributed by atoms with Gasteiger partial charge in [-0.2, -0.15) is 13.2 Å². The van der Waals surface area contributed by atoms with Crippen LogP contribution in [0, 0.1) is 0 Å². The molecule has 0 saturated carbocycles. The zero-order valence-electron chi connectivity index (χ0n) is 24.9. The number of carbonyl (C=O) groups is 1. The molecule has 1 heterocycles. The molecule has 238 valence electrons. The molecule has 10 heteroatoms. The highest BCUT2D eigenvalue weighted by Gasteiger charge is 2.52. The molecule has 7 nitrogen and oxygen atoms in total. The molecule has 1 aliphatic heterocycles. The van der Waals surface area contributed by atoms with Crippen LogP contribution in [0.4, 0.5) is 13.2 Å². The number of ether oxygens (including phenoxy) is 2. The Morgan fingerprint density at radius 1 is 0.957 bits per heavy atom. The SMILES string of the molecule is O=C(NNCc1cccc(C(F)(F)F)c1)[C@@]1(C/C=C/c2ccccc2)N=C(c2ccc(OCCCO)cc2)O[C@H]1c1ccccc1. The Hall–Kier alpha value is -4.93. The number of nitrogens with one attached hydrogen (secondary N) is 2. The third-order valence-electron chi connectivity index (χ3n) is 7.42. The van der Waals surface area contributed by atoms with Crippen LogP contribution in [0.1, 0.15) is 46.8 Å². The summed E-state index contributed by atoms with van der Waals surface area (Å²) in [5.74, 6) is 0.367. The lowest BCUT2D eigenvalue weighted by Crippen LogP contribution is -2.52. The maximum atomic E-state index is 14.2. The average molecular weight is 630 g/mol. The smallest absolute Gasteiger partial charge is 0.416 e. The molecule has 0 spiro atoms. The van der Waals surface area contributed by atoms with Gasteiger partial charge in [0.15, 0.2) is 11.6 Å². The van der Waals surface area contributed by atoms with Gasteiger partial charge in [0.05, 0.1) is 12.2 Å². The van der Waals surface area contributed by atoms with Crippen molar-refractivity contribution in [1.29, 1.82) is 0 Å². The number of carbonyl (C=O) groups excluding carboxylic acids is 1. The molecule has 0 aliphatic carbocycles. The molecular weight excluding hydrogens is 595 g/mol. The molecule has 46 heavy (non-hydrogen) atoms. The number of hydrogen-bond acceptors (Lipinski definition) is 6. The van der Waals surface area contributed by atoms with E-state index < -0.39 is 29.3 Å². The van der Waals surface area contributed by atoms with Gasteiger partial charge in [-0.15, -0.1) is 0 Å². The molecule has 0 saturated heterocycles. The van der Waals surface area contributed by atoms with E-state index in [0.29, 0.717) is 29.9 Å². The number of aliphatic hydroxyl groups is 1. The van der Waals surface area contributed by atoms with Crippen LogP contribution in [-0.4, -0.2) is 35.7 Å². The molecule has 4 aromatic carbocycles. The van der Waals surface area contributed by atoms with Crippen LogP contribution in [0.3, 0.4) is 0 Å². The monoisotopic (exact) mass is 629 g/mol. The third kappa shape index (κ3) is 8.01. The zero-order chi connectivity index (χ0) is 32.4. The maximum Gasteiger partial charge on any atom is 0.416 e. The van der Waals surface area contributed by atoms with Crippen LogP contribution >= 0.6 is 0 Å². The number of benzene rings is 4. The van der Waals surface area contributed by atoms with Gasteiger partial charge < -0.3 is 14.6 Å². The van der Waals surface area contributed by atoms with Gasteiger partial charge in [-0.1, -0.05) is 91.0 Å². The molecular formula is C36H34F3N3O4. The lowest BCUT2D eigenvalue weighted by molar-refractivity contribution is -0.137. The van der Waals surface area contributed by atoms with E-state index in [9.17, 15) is 18.0 Å². The second-order valence-corrected chi connectivity index (χ2v) is 10.7. The van der Waals surface area contributed by atoms with E-state index in [0.717, 1.165) is 23.3 Å². The van der Waals surface area contributed by atoms with Crippen LogP contribution < -0.4 is 15.6 Å². The Balaban J connectivity index is 1.46. The standard InChI is InChI=1S/C36H34F3N3O4/c37-36(38,39)30-16-7-12-27(24-30)25-40-42-34(44)35(21-8-13-26-10-3-1-4-11-26)32(28-14-5-2-6-15-28)46-33(41-35)29-17-19-31(20-18-29)45-23-9-22-43/h1-8,10-20,24,32,40,43H,9,21-23,25H2,(H,42,44)/b13-8+/t32-,35-/m0/s1. The Kier molecular flexibility index (Phi) is 10.5. The summed E-state index contributed by atoms with van der Waals surface area (Å²) in [6.45, 7) is 0.353. The first-order valence-electron chi connectivity index (χ1n) is 14.8. The topological polar surface area (TPSA) is 92.2 Å². The number of nitrogens with zero attached hydrogens (tertiary/aromatic N) is 1. The summed E-state index contributed by atoms with van der Waals surface area (Å²) in [6, 6.07) is 30.9. The summed E-state index contributed by atoms with van der Waals surface area (Å²) in [4.78, 5) is 19.1. The molecule has 3 N–H and O–H groups in total. The average Bonchev–Trinajstić information content (AvgIpc) is 3.46. The summed E-state index contributed by atoms with van der Waals surface area (Å²) < 4.78 is 51.8. The predicted molar refractivity (Wildman–Crippen MR) is 170 cm³/mol. The third-order valence-corrected chi connectivity index (χ3v) is 7.42. The van der Waals surface area contributed by atoms with Gasteiger partial charge >= 0.3 is 6.18 Å². The van der Waals surface area contributed by atoms with Crippen molar-refractivity contribution in [3.8, 4) is 5.75 Å². The summed E-state index contributed by atoms with van der Waals surface area (Å²) in [5, 5.41) is 9.03. The molecule has 0 aromatic heterocycles. The number of amides is 1. The van der Waals surface area contributed by atoms with Crippen molar-refractivity contribution in [1.82, 2.24) is 10.9 Å². The van der Waals surface area contributed by atoms with E-state index in [-0.39, 0.29) is 25.5 Å². The molecule has 2 atom stereocenters. The first-order chi connectivity index (χ1) is 22.3. The number of aliphatic hydroxyl groups excluding tert-OH is 1. The van der Waals surface area contributed by atoms with E-state index in [2.05, 4.69) is 10.9 Å². The fourth-order valence-corrected chi connectivity index (χ4v) is 5.07. The van der Waals surface area contributed by atoms with Crippen LogP contribution in [0.5, 0.6) is 5.75 Å². The van der Waals surface area contributed by atoms with Gasteiger partial charge in [0.25, 0.3) is 5.91 Å². The summed E-state index contributed by atoms with van der Waals surface area (Å²) in [6.07, 6.45) is -0.866. The molecule has 0 radical (unpaired) electrons. The quantitative estimate of drug-likeness (QED) is 0.114. The number of rotatable bonds is 13. The van der Waals surface area contributed by atoms with Gasteiger partial charge in [0.2, 0.25) is 5.90 Å². The van der Waals surface area contributed by atoms with Gasteiger partial charge in [-0.05, 0) is 47.0 Å². The van der Waals surface area contributed by atoms with Crippen molar-refractivity contribution in [3.05, 3.63) is 143 Å². The van der Waals surface area contributed by atoms with Crippen molar-refractivity contribution in [2.75, 3.05) is 13.2 Å². The largest absolute Gasteiger partial charge is 0.494 e. The van der Waals surface area contributed by atoms with E-state index in [1.165, 1.54) is 6.07 Å². The first-order valence-corrected chi connectivity index (χ1v) is 14.8. The lowest BCUT2D eigenvalue weighted by atomic mass is 9.84. The molecule has 0 unspecified atom stereocenters. The minimum atomic E-state index is -4.48. The van der Waals surface area contributed by atoms with Crippen molar-refractivity contribution >= 4 is 17.9 Å². The number of hydrazine groups is 1. The van der Waals surface area contributed by atoms with Crippen LogP contribution in [0.25, 0.3) is 6.08 Å². The van der Waals surface area contributed by atoms with Gasteiger partial charge in [-0.25, -0.2) is 10.4 Å². The Bertz CT molecular complexity index is 1640. The first kappa shape index (κ1) is 32.5. The Labute approximate surface area is 265 Å². The minimum absolute atomic E-state index is 0.0290. The Morgan fingerprint density at radius 2 is 1.67 bits per heavy atom. The van der Waals surface area contributed by atoms with E-state index >= 15 is 0 Å². The van der Waals surface area contributed by atoms with Crippen molar-refractivity contribution in [2.45, 2.75) is 37.2 Å². The highest BCUT2D eigenvalue weighted by molar-refractivity contribution is 6.01. The van der Waals surface area contributed by atoms with E-state index in [1.54, 1.807) is 30.3 Å². The molecule has 5 rings (SSSR count). The fourth-order valence-electron chi connectivity index (χ4n) is 5.07. The van der Waals surface area contributed by atoms with E-state index in [4.69, 9.17) is 19.6 Å². The van der Waals surface area contributed by atoms with Crippen molar-refractivity contribution in [2.24, 2.45) is 4.99 Å². The highest BCUT2D eigenvalue weighted by Crippen LogP contribution is 2.43. The van der Waals surface area contributed by atoms with Gasteiger partial charge in [0.1, 0.15) is 5.75 Å². The van der Waals surface area contributed by atoms with Gasteiger partial charge in [0, 0.05) is 31.6 Å². The lowest BCUT2D eigenvalue weighted by Gasteiger charge is -2.29. The number of hydrogen-bond donors (Lipinski definition) is 3. The van der Waals surface area contributed by atoms with E-state index in [1.807, 2.05) is 72.8 Å². The highest BCUT2D eigenvalue weighted by atomic mass is 19.4. The zero-order valence-corrected chi connectivity index (χ0v) is 24.9.